The molecule has 0 aliphatic heterocycles. The lowest BCUT2D eigenvalue weighted by molar-refractivity contribution is -0.123. The van der Waals surface area contributed by atoms with E-state index in [9.17, 15) is 9.90 Å². The minimum absolute atomic E-state index is 0.193. The number of carbonyl (C=O) groups is 1. The second-order valence-electron chi connectivity index (χ2n) is 4.93. The van der Waals surface area contributed by atoms with Crippen LogP contribution in [0.25, 0.3) is 0 Å². The topological polar surface area (TPSA) is 75.3 Å². The third-order valence-corrected chi connectivity index (χ3v) is 3.07. The monoisotopic (exact) mass is 214 g/mol. The van der Waals surface area contributed by atoms with E-state index in [0.29, 0.717) is 12.5 Å². The van der Waals surface area contributed by atoms with E-state index in [1.54, 1.807) is 6.92 Å². The Labute approximate surface area is 91.2 Å². The van der Waals surface area contributed by atoms with E-state index in [2.05, 4.69) is 12.2 Å². The molecule has 1 saturated carbocycles. The van der Waals surface area contributed by atoms with Crippen molar-refractivity contribution in [3.63, 3.8) is 0 Å². The smallest absolute Gasteiger partial charge is 0.236 e. The van der Waals surface area contributed by atoms with Gasteiger partial charge in [0.15, 0.2) is 0 Å². The molecule has 0 radical (unpaired) electrons. The van der Waals surface area contributed by atoms with Crippen LogP contribution in [0.3, 0.4) is 0 Å². The average Bonchev–Trinajstić information content (AvgIpc) is 2.13. The molecule has 0 spiro atoms. The first kappa shape index (κ1) is 12.5. The average molecular weight is 214 g/mol. The van der Waals surface area contributed by atoms with Gasteiger partial charge in [-0.25, -0.2) is 0 Å². The molecule has 0 bridgehead atoms. The maximum Gasteiger partial charge on any atom is 0.236 e. The van der Waals surface area contributed by atoms with Crippen molar-refractivity contribution in [1.82, 2.24) is 5.32 Å². The van der Waals surface area contributed by atoms with E-state index in [4.69, 9.17) is 5.73 Å². The second-order valence-corrected chi connectivity index (χ2v) is 4.93. The summed E-state index contributed by atoms with van der Waals surface area (Å²) >= 11 is 0. The van der Waals surface area contributed by atoms with Crippen LogP contribution in [0.4, 0.5) is 0 Å². The van der Waals surface area contributed by atoms with Crippen molar-refractivity contribution in [1.29, 1.82) is 0 Å². The Balaban J connectivity index is 2.39. The van der Waals surface area contributed by atoms with Gasteiger partial charge < -0.3 is 16.2 Å². The lowest BCUT2D eigenvalue weighted by atomic mass is 9.79. The van der Waals surface area contributed by atoms with E-state index >= 15 is 0 Å². The first-order valence-corrected chi connectivity index (χ1v) is 5.69. The number of rotatable bonds is 3. The van der Waals surface area contributed by atoms with Crippen LogP contribution >= 0.6 is 0 Å². The van der Waals surface area contributed by atoms with Crippen LogP contribution in [0.2, 0.25) is 0 Å². The van der Waals surface area contributed by atoms with Crippen molar-refractivity contribution in [2.75, 3.05) is 6.54 Å². The summed E-state index contributed by atoms with van der Waals surface area (Å²) in [6.45, 7) is 4.11. The quantitative estimate of drug-likeness (QED) is 0.636. The van der Waals surface area contributed by atoms with E-state index < -0.39 is 11.6 Å². The Bertz CT molecular complexity index is 231. The number of carbonyl (C=O) groups excluding carboxylic acids is 1. The molecular weight excluding hydrogens is 192 g/mol. The first-order valence-electron chi connectivity index (χ1n) is 5.69. The number of nitrogens with two attached hydrogens (primary N) is 1. The van der Waals surface area contributed by atoms with Crippen LogP contribution in [0.5, 0.6) is 0 Å². The lowest BCUT2D eigenvalue weighted by Crippen LogP contribution is -2.49. The molecule has 1 amide bonds. The summed E-state index contributed by atoms with van der Waals surface area (Å²) in [4.78, 5) is 11.3. The summed E-state index contributed by atoms with van der Waals surface area (Å²) in [7, 11) is 0. The van der Waals surface area contributed by atoms with Crippen LogP contribution in [-0.4, -0.2) is 29.2 Å². The van der Waals surface area contributed by atoms with E-state index in [0.717, 1.165) is 19.3 Å². The zero-order chi connectivity index (χ0) is 11.5. The zero-order valence-corrected chi connectivity index (χ0v) is 9.62. The SMILES string of the molecule is CC1CCCC(O)(CNC(=O)[C@@H](C)N)C1. The molecule has 1 aliphatic rings. The highest BCUT2D eigenvalue weighted by Crippen LogP contribution is 2.31. The molecule has 4 heteroatoms. The van der Waals surface area contributed by atoms with Crippen LogP contribution in [0, 0.1) is 5.92 Å². The van der Waals surface area contributed by atoms with Crippen LogP contribution in [0.15, 0.2) is 0 Å². The first-order chi connectivity index (χ1) is 6.93. The lowest BCUT2D eigenvalue weighted by Gasteiger charge is -2.35. The van der Waals surface area contributed by atoms with Gasteiger partial charge in [0.1, 0.15) is 0 Å². The highest BCUT2D eigenvalue weighted by Gasteiger charge is 2.32. The Kier molecular flexibility index (Phi) is 4.11. The fraction of sp³-hybridized carbons (Fsp3) is 0.909. The predicted octanol–water partition coefficient (Wildman–Crippen LogP) is 0.391. The van der Waals surface area contributed by atoms with Crippen molar-refractivity contribution >= 4 is 5.91 Å². The molecule has 15 heavy (non-hydrogen) atoms. The highest BCUT2D eigenvalue weighted by atomic mass is 16.3. The van der Waals surface area contributed by atoms with E-state index in [1.807, 2.05) is 0 Å². The van der Waals surface area contributed by atoms with E-state index in [-0.39, 0.29) is 5.91 Å². The molecule has 3 atom stereocenters. The molecule has 4 nitrogen and oxygen atoms in total. The second kappa shape index (κ2) is 4.94. The van der Waals surface area contributed by atoms with Gasteiger partial charge in [0.2, 0.25) is 5.91 Å². The van der Waals surface area contributed by atoms with Gasteiger partial charge in [-0.15, -0.1) is 0 Å². The summed E-state index contributed by atoms with van der Waals surface area (Å²) in [6.07, 6.45) is 3.75. The fourth-order valence-corrected chi connectivity index (χ4v) is 2.21. The molecule has 1 rings (SSSR count). The number of hydrogen-bond acceptors (Lipinski definition) is 3. The zero-order valence-electron chi connectivity index (χ0n) is 9.62. The van der Waals surface area contributed by atoms with Crippen molar-refractivity contribution in [3.8, 4) is 0 Å². The minimum atomic E-state index is -0.720. The van der Waals surface area contributed by atoms with Crippen molar-refractivity contribution < 1.29 is 9.90 Å². The molecule has 0 heterocycles. The maximum atomic E-state index is 11.3. The molecule has 0 aromatic carbocycles. The third-order valence-electron chi connectivity index (χ3n) is 3.07. The normalized spacial score (nSPS) is 33.5. The molecule has 4 N–H and O–H groups in total. The third kappa shape index (κ3) is 3.80. The largest absolute Gasteiger partial charge is 0.388 e. The number of amides is 1. The number of aliphatic hydroxyl groups is 1. The predicted molar refractivity (Wildman–Crippen MR) is 59.2 cm³/mol. The van der Waals surface area contributed by atoms with Gasteiger partial charge in [-0.05, 0) is 25.7 Å². The Morgan fingerprint density at radius 2 is 2.40 bits per heavy atom. The van der Waals surface area contributed by atoms with Gasteiger partial charge in [-0.2, -0.15) is 0 Å². The Morgan fingerprint density at radius 1 is 1.73 bits per heavy atom. The molecule has 0 aromatic rings. The van der Waals surface area contributed by atoms with Crippen molar-refractivity contribution in [2.45, 2.75) is 51.2 Å². The van der Waals surface area contributed by atoms with Gasteiger partial charge in [0.25, 0.3) is 0 Å². The summed E-state index contributed by atoms with van der Waals surface area (Å²) < 4.78 is 0. The molecule has 1 aliphatic carbocycles. The van der Waals surface area contributed by atoms with Gasteiger partial charge in [0, 0.05) is 6.54 Å². The number of hydrogen-bond donors (Lipinski definition) is 3. The summed E-state index contributed by atoms with van der Waals surface area (Å²) in [5.41, 5.74) is 4.71. The Morgan fingerprint density at radius 3 is 2.93 bits per heavy atom. The standard InChI is InChI=1S/C11H22N2O2/c1-8-4-3-5-11(15,6-8)7-13-10(14)9(2)12/h8-9,15H,3-7,12H2,1-2H3,(H,13,14)/t8?,9-,11?/m1/s1. The highest BCUT2D eigenvalue weighted by molar-refractivity contribution is 5.81. The van der Waals surface area contributed by atoms with Gasteiger partial charge in [0.05, 0.1) is 11.6 Å². The van der Waals surface area contributed by atoms with Crippen LogP contribution in [-0.2, 0) is 4.79 Å². The molecular formula is C11H22N2O2. The van der Waals surface area contributed by atoms with Gasteiger partial charge >= 0.3 is 0 Å². The molecule has 1 fully saturated rings. The summed E-state index contributed by atoms with van der Waals surface area (Å²) in [5.74, 6) is 0.345. The van der Waals surface area contributed by atoms with Crippen LogP contribution < -0.4 is 11.1 Å². The summed E-state index contributed by atoms with van der Waals surface area (Å²) in [5, 5.41) is 12.9. The molecule has 0 aromatic heterocycles. The van der Waals surface area contributed by atoms with E-state index in [1.165, 1.54) is 6.42 Å². The molecule has 0 saturated heterocycles. The Hall–Kier alpha value is -0.610. The van der Waals surface area contributed by atoms with Crippen molar-refractivity contribution in [3.05, 3.63) is 0 Å². The van der Waals surface area contributed by atoms with Crippen LogP contribution in [0.1, 0.15) is 39.5 Å². The number of nitrogens with one attached hydrogen (secondary N) is 1. The van der Waals surface area contributed by atoms with Gasteiger partial charge in [-0.1, -0.05) is 19.8 Å². The van der Waals surface area contributed by atoms with Gasteiger partial charge in [-0.3, -0.25) is 4.79 Å². The van der Waals surface area contributed by atoms with Crippen molar-refractivity contribution in [2.24, 2.45) is 11.7 Å². The maximum absolute atomic E-state index is 11.3. The fourth-order valence-electron chi connectivity index (χ4n) is 2.21. The summed E-state index contributed by atoms with van der Waals surface area (Å²) in [6, 6.07) is -0.505. The molecule has 2 unspecified atom stereocenters. The molecule has 88 valence electrons. The minimum Gasteiger partial charge on any atom is -0.388 e.